The van der Waals surface area contributed by atoms with Crippen molar-refractivity contribution in [1.82, 2.24) is 9.97 Å². The minimum atomic E-state index is 0.377. The molecule has 0 spiro atoms. The zero-order valence-corrected chi connectivity index (χ0v) is 14.6. The molecule has 3 aromatic rings. The van der Waals surface area contributed by atoms with E-state index in [0.717, 1.165) is 35.2 Å². The number of aromatic nitrogens is 2. The Bertz CT molecular complexity index is 774. The van der Waals surface area contributed by atoms with E-state index in [1.807, 2.05) is 30.0 Å². The van der Waals surface area contributed by atoms with Gasteiger partial charge in [-0.15, -0.1) is 0 Å². The van der Waals surface area contributed by atoms with E-state index in [1.54, 1.807) is 0 Å². The highest BCUT2D eigenvalue weighted by molar-refractivity contribution is 7.98. The predicted molar refractivity (Wildman–Crippen MR) is 104 cm³/mol. The van der Waals surface area contributed by atoms with Gasteiger partial charge in [0.05, 0.1) is 11.2 Å². The number of benzene rings is 2. The molecule has 0 amide bonds. The largest absolute Gasteiger partial charge is 0.368 e. The van der Waals surface area contributed by atoms with Crippen molar-refractivity contribution in [2.75, 3.05) is 11.5 Å². The van der Waals surface area contributed by atoms with E-state index in [9.17, 15) is 0 Å². The number of anilines is 1. The smallest absolute Gasteiger partial charge is 0.220 e. The predicted octanol–water partition coefficient (Wildman–Crippen LogP) is 4.86. The Kier molecular flexibility index (Phi) is 6.07. The second kappa shape index (κ2) is 8.69. The first-order valence-electron chi connectivity index (χ1n) is 8.46. The zero-order valence-electron chi connectivity index (χ0n) is 13.8. The van der Waals surface area contributed by atoms with Crippen molar-refractivity contribution in [3.8, 4) is 0 Å². The van der Waals surface area contributed by atoms with Crippen molar-refractivity contribution >= 4 is 28.6 Å². The maximum atomic E-state index is 5.82. The first kappa shape index (κ1) is 16.8. The summed E-state index contributed by atoms with van der Waals surface area (Å²) in [5.41, 5.74) is 9.25. The summed E-state index contributed by atoms with van der Waals surface area (Å²) in [6, 6.07) is 18.8. The molecule has 2 aromatic carbocycles. The molecule has 0 atom stereocenters. The number of fused-ring (bicyclic) bond motifs is 1. The molecule has 0 aliphatic heterocycles. The van der Waals surface area contributed by atoms with Gasteiger partial charge in [-0.1, -0.05) is 55.0 Å². The second-order valence-electron chi connectivity index (χ2n) is 5.89. The number of nitrogens with two attached hydrogens (primary N) is 1. The van der Waals surface area contributed by atoms with Gasteiger partial charge in [-0.3, -0.25) is 0 Å². The minimum absolute atomic E-state index is 0.377. The Morgan fingerprint density at radius 1 is 0.833 bits per heavy atom. The molecule has 0 bridgehead atoms. The Hall–Kier alpha value is -2.07. The first-order chi connectivity index (χ1) is 11.8. The quantitative estimate of drug-likeness (QED) is 0.597. The van der Waals surface area contributed by atoms with Crippen LogP contribution in [0.25, 0.3) is 10.9 Å². The third-order valence-corrected chi connectivity index (χ3v) is 5.13. The third-order valence-electron chi connectivity index (χ3n) is 4.01. The summed E-state index contributed by atoms with van der Waals surface area (Å²) in [5.74, 6) is 2.69. The maximum absolute atomic E-state index is 5.82. The molecular formula is C20H23N3S. The molecule has 0 saturated carbocycles. The average Bonchev–Trinajstić information content (AvgIpc) is 2.61. The van der Waals surface area contributed by atoms with E-state index in [0.29, 0.717) is 5.95 Å². The number of unbranched alkanes of at least 4 members (excludes halogenated alkanes) is 2. The number of hydrogen-bond acceptors (Lipinski definition) is 4. The normalized spacial score (nSPS) is 11.0. The third kappa shape index (κ3) is 4.71. The molecule has 124 valence electrons. The SMILES string of the molecule is Nc1nc(CCCCCSCc2ccccc2)c2ccccc2n1. The van der Waals surface area contributed by atoms with Gasteiger partial charge >= 0.3 is 0 Å². The zero-order chi connectivity index (χ0) is 16.6. The van der Waals surface area contributed by atoms with Crippen LogP contribution < -0.4 is 5.73 Å². The summed E-state index contributed by atoms with van der Waals surface area (Å²) >= 11 is 2.01. The van der Waals surface area contributed by atoms with Crippen LogP contribution in [0.15, 0.2) is 54.6 Å². The lowest BCUT2D eigenvalue weighted by Gasteiger charge is -2.07. The van der Waals surface area contributed by atoms with Crippen molar-refractivity contribution in [2.24, 2.45) is 0 Å². The number of para-hydroxylation sites is 1. The van der Waals surface area contributed by atoms with Crippen molar-refractivity contribution in [1.29, 1.82) is 0 Å². The van der Waals surface area contributed by atoms with Crippen molar-refractivity contribution < 1.29 is 0 Å². The molecule has 0 saturated heterocycles. The van der Waals surface area contributed by atoms with E-state index in [1.165, 1.54) is 24.2 Å². The van der Waals surface area contributed by atoms with Crippen LogP contribution in [0, 0.1) is 0 Å². The van der Waals surface area contributed by atoms with E-state index >= 15 is 0 Å². The molecular weight excluding hydrogens is 314 g/mol. The molecule has 0 radical (unpaired) electrons. The summed E-state index contributed by atoms with van der Waals surface area (Å²) in [5, 5.41) is 1.13. The number of aryl methyl sites for hydroxylation is 1. The van der Waals surface area contributed by atoms with E-state index in [-0.39, 0.29) is 0 Å². The van der Waals surface area contributed by atoms with Crippen molar-refractivity contribution in [3.05, 3.63) is 65.9 Å². The second-order valence-corrected chi connectivity index (χ2v) is 7.00. The van der Waals surface area contributed by atoms with E-state index in [4.69, 9.17) is 5.73 Å². The van der Waals surface area contributed by atoms with Gasteiger partial charge in [-0.25, -0.2) is 9.97 Å². The number of nitrogen functional groups attached to an aromatic ring is 1. The molecule has 0 unspecified atom stereocenters. The van der Waals surface area contributed by atoms with Crippen LogP contribution in [0.3, 0.4) is 0 Å². The molecule has 0 fully saturated rings. The van der Waals surface area contributed by atoms with Gasteiger partial charge in [0, 0.05) is 11.1 Å². The molecule has 3 nitrogen and oxygen atoms in total. The lowest BCUT2D eigenvalue weighted by atomic mass is 10.1. The van der Waals surface area contributed by atoms with Crippen LogP contribution >= 0.6 is 11.8 Å². The highest BCUT2D eigenvalue weighted by atomic mass is 32.2. The van der Waals surface area contributed by atoms with Gasteiger partial charge in [0.2, 0.25) is 5.95 Å². The number of rotatable bonds is 8. The Morgan fingerprint density at radius 2 is 1.62 bits per heavy atom. The van der Waals surface area contributed by atoms with Gasteiger partial charge in [0.25, 0.3) is 0 Å². The maximum Gasteiger partial charge on any atom is 0.220 e. The number of thioether (sulfide) groups is 1. The monoisotopic (exact) mass is 337 g/mol. The molecule has 1 heterocycles. The van der Waals surface area contributed by atoms with E-state index in [2.05, 4.69) is 46.4 Å². The van der Waals surface area contributed by atoms with Gasteiger partial charge in [0.15, 0.2) is 0 Å². The topological polar surface area (TPSA) is 51.8 Å². The minimum Gasteiger partial charge on any atom is -0.368 e. The molecule has 4 heteroatoms. The number of hydrogen-bond donors (Lipinski definition) is 1. The Balaban J connectivity index is 1.41. The fourth-order valence-corrected chi connectivity index (χ4v) is 3.77. The van der Waals surface area contributed by atoms with Crippen LogP contribution in [-0.2, 0) is 12.2 Å². The number of nitrogens with zero attached hydrogens (tertiary/aromatic N) is 2. The van der Waals surface area contributed by atoms with Crippen molar-refractivity contribution in [2.45, 2.75) is 31.4 Å². The summed E-state index contributed by atoms with van der Waals surface area (Å²) in [7, 11) is 0. The summed E-state index contributed by atoms with van der Waals surface area (Å²) < 4.78 is 0. The highest BCUT2D eigenvalue weighted by Crippen LogP contribution is 2.19. The molecule has 1 aromatic heterocycles. The molecule has 24 heavy (non-hydrogen) atoms. The van der Waals surface area contributed by atoms with Crippen molar-refractivity contribution in [3.63, 3.8) is 0 Å². The van der Waals surface area contributed by atoms with Crippen LogP contribution in [0.2, 0.25) is 0 Å². The van der Waals surface area contributed by atoms with Crippen LogP contribution in [0.5, 0.6) is 0 Å². The van der Waals surface area contributed by atoms with Gasteiger partial charge in [-0.05, 0) is 36.6 Å². The van der Waals surface area contributed by atoms with E-state index < -0.39 is 0 Å². The Labute approximate surface area is 147 Å². The molecule has 0 aliphatic rings. The van der Waals surface area contributed by atoms with Crippen LogP contribution in [-0.4, -0.2) is 15.7 Å². The average molecular weight is 337 g/mol. The highest BCUT2D eigenvalue weighted by Gasteiger charge is 2.05. The van der Waals surface area contributed by atoms with Gasteiger partial charge in [-0.2, -0.15) is 11.8 Å². The van der Waals surface area contributed by atoms with Crippen LogP contribution in [0.4, 0.5) is 5.95 Å². The van der Waals surface area contributed by atoms with Gasteiger partial charge < -0.3 is 5.73 Å². The summed E-state index contributed by atoms with van der Waals surface area (Å²) in [4.78, 5) is 8.73. The standard InChI is InChI=1S/C20H23N3S/c21-20-22-18(17-11-6-7-13-19(17)23-20)12-5-2-8-14-24-15-16-9-3-1-4-10-16/h1,3-4,6-7,9-11,13H,2,5,8,12,14-15H2,(H2,21,22,23). The summed E-state index contributed by atoms with van der Waals surface area (Å²) in [6.07, 6.45) is 4.58. The summed E-state index contributed by atoms with van der Waals surface area (Å²) in [6.45, 7) is 0. The molecule has 0 aliphatic carbocycles. The van der Waals surface area contributed by atoms with Crippen LogP contribution in [0.1, 0.15) is 30.5 Å². The lowest BCUT2D eigenvalue weighted by Crippen LogP contribution is -2.01. The first-order valence-corrected chi connectivity index (χ1v) is 9.61. The lowest BCUT2D eigenvalue weighted by molar-refractivity contribution is 0.714. The van der Waals surface area contributed by atoms with Gasteiger partial charge in [0.1, 0.15) is 0 Å². The molecule has 2 N–H and O–H groups in total. The fraction of sp³-hybridized carbons (Fsp3) is 0.300. The molecule has 3 rings (SSSR count). The Morgan fingerprint density at radius 3 is 2.50 bits per heavy atom. The fourth-order valence-electron chi connectivity index (χ4n) is 2.79.